The van der Waals surface area contributed by atoms with Gasteiger partial charge in [0.2, 0.25) is 0 Å². The Morgan fingerprint density at radius 3 is 2.50 bits per heavy atom. The first-order chi connectivity index (χ1) is 11.9. The van der Waals surface area contributed by atoms with Crippen molar-refractivity contribution in [2.75, 3.05) is 20.3 Å². The number of aromatic amines is 1. The summed E-state index contributed by atoms with van der Waals surface area (Å²) >= 11 is 0. The van der Waals surface area contributed by atoms with Crippen molar-refractivity contribution in [1.29, 1.82) is 0 Å². The van der Waals surface area contributed by atoms with Gasteiger partial charge in [0, 0.05) is 24.6 Å². The average Bonchev–Trinajstić information content (AvgIpc) is 3.16. The van der Waals surface area contributed by atoms with Gasteiger partial charge in [-0.2, -0.15) is 0 Å². The molecule has 1 aromatic heterocycles. The molecule has 3 aromatic rings. The quantitative estimate of drug-likeness (QED) is 0.629. The number of methoxy groups -OCH3 is 1. The summed E-state index contributed by atoms with van der Waals surface area (Å²) in [5, 5.41) is 0. The fraction of sp³-hybridized carbons (Fsp3) is 0.200. The minimum Gasteiger partial charge on any atom is -0.491 e. The molecule has 0 spiro atoms. The number of H-pyrrole nitrogens is 1. The van der Waals surface area contributed by atoms with E-state index in [2.05, 4.69) is 17.1 Å². The van der Waals surface area contributed by atoms with Gasteiger partial charge in [-0.15, -0.1) is 0 Å². The molecule has 0 saturated carbocycles. The highest BCUT2D eigenvalue weighted by Gasteiger charge is 2.10. The Labute approximate surface area is 142 Å². The molecule has 0 atom stereocenters. The smallest absolute Gasteiger partial charge is 0.129 e. The largest absolute Gasteiger partial charge is 0.491 e. The van der Waals surface area contributed by atoms with Gasteiger partial charge in [-0.05, 0) is 35.9 Å². The van der Waals surface area contributed by atoms with Crippen LogP contribution in [-0.2, 0) is 11.3 Å². The second kappa shape index (κ2) is 8.22. The fourth-order valence-electron chi connectivity index (χ4n) is 2.41. The summed E-state index contributed by atoms with van der Waals surface area (Å²) in [5.41, 5.74) is 3.11. The summed E-state index contributed by atoms with van der Waals surface area (Å²) in [6.45, 7) is 1.60. The number of benzene rings is 2. The van der Waals surface area contributed by atoms with E-state index in [1.807, 2.05) is 54.7 Å². The molecular weight excluding hydrogens is 302 g/mol. The molecule has 0 amide bonds. The van der Waals surface area contributed by atoms with Crippen LogP contribution in [0.15, 0.2) is 66.9 Å². The van der Waals surface area contributed by atoms with Crippen LogP contribution >= 0.6 is 0 Å². The predicted octanol–water partition coefficient (Wildman–Crippen LogP) is 4.29. The third-order valence-corrected chi connectivity index (χ3v) is 3.63. The summed E-state index contributed by atoms with van der Waals surface area (Å²) in [4.78, 5) is 3.23. The zero-order chi connectivity index (χ0) is 16.6. The lowest BCUT2D eigenvalue weighted by atomic mass is 10.1. The molecular formula is C20H21NO3. The number of aromatic nitrogens is 1. The van der Waals surface area contributed by atoms with Crippen LogP contribution in [0.25, 0.3) is 11.3 Å². The van der Waals surface area contributed by atoms with Gasteiger partial charge >= 0.3 is 0 Å². The second-order valence-corrected chi connectivity index (χ2v) is 5.36. The van der Waals surface area contributed by atoms with E-state index in [0.717, 1.165) is 28.3 Å². The highest BCUT2D eigenvalue weighted by Crippen LogP contribution is 2.33. The summed E-state index contributed by atoms with van der Waals surface area (Å²) in [5.74, 6) is 1.61. The Morgan fingerprint density at radius 2 is 1.75 bits per heavy atom. The maximum absolute atomic E-state index is 6.03. The second-order valence-electron chi connectivity index (χ2n) is 5.36. The Morgan fingerprint density at radius 1 is 0.875 bits per heavy atom. The van der Waals surface area contributed by atoms with Crippen molar-refractivity contribution >= 4 is 0 Å². The van der Waals surface area contributed by atoms with Crippen molar-refractivity contribution in [3.63, 3.8) is 0 Å². The highest BCUT2D eigenvalue weighted by molar-refractivity contribution is 5.69. The Bertz CT molecular complexity index is 739. The Balaban J connectivity index is 1.79. The van der Waals surface area contributed by atoms with Gasteiger partial charge in [-0.3, -0.25) is 0 Å². The predicted molar refractivity (Wildman–Crippen MR) is 94.4 cm³/mol. The molecule has 0 fully saturated rings. The van der Waals surface area contributed by atoms with Gasteiger partial charge in [0.15, 0.2) is 0 Å². The van der Waals surface area contributed by atoms with E-state index in [4.69, 9.17) is 14.2 Å². The topological polar surface area (TPSA) is 43.5 Å². The van der Waals surface area contributed by atoms with Crippen molar-refractivity contribution in [3.05, 3.63) is 72.4 Å². The molecule has 2 aromatic carbocycles. The monoisotopic (exact) mass is 323 g/mol. The Hall–Kier alpha value is -2.72. The summed E-state index contributed by atoms with van der Waals surface area (Å²) in [6.07, 6.45) is 1.90. The number of hydrogen-bond acceptors (Lipinski definition) is 3. The van der Waals surface area contributed by atoms with E-state index >= 15 is 0 Å². The molecule has 124 valence electrons. The number of nitrogens with one attached hydrogen (secondary N) is 1. The van der Waals surface area contributed by atoms with Crippen LogP contribution < -0.4 is 9.47 Å². The first-order valence-electron chi connectivity index (χ1n) is 7.93. The number of rotatable bonds is 8. The SMILES string of the molecule is COCCOc1ccc(OCc2ccccc2)c(-c2ccc[nH]2)c1. The lowest BCUT2D eigenvalue weighted by Crippen LogP contribution is -2.04. The lowest BCUT2D eigenvalue weighted by molar-refractivity contribution is 0.146. The third-order valence-electron chi connectivity index (χ3n) is 3.63. The van der Waals surface area contributed by atoms with Crippen LogP contribution in [-0.4, -0.2) is 25.3 Å². The Kier molecular flexibility index (Phi) is 5.53. The molecule has 0 radical (unpaired) electrons. The van der Waals surface area contributed by atoms with E-state index in [-0.39, 0.29) is 0 Å². The van der Waals surface area contributed by atoms with Crippen molar-refractivity contribution in [2.24, 2.45) is 0 Å². The van der Waals surface area contributed by atoms with Crippen LogP contribution in [0.3, 0.4) is 0 Å². The molecule has 1 N–H and O–H groups in total. The average molecular weight is 323 g/mol. The van der Waals surface area contributed by atoms with Crippen molar-refractivity contribution in [1.82, 2.24) is 4.98 Å². The fourth-order valence-corrected chi connectivity index (χ4v) is 2.41. The zero-order valence-electron chi connectivity index (χ0n) is 13.7. The maximum Gasteiger partial charge on any atom is 0.129 e. The molecule has 0 aliphatic rings. The molecule has 0 aliphatic heterocycles. The van der Waals surface area contributed by atoms with Gasteiger partial charge in [-0.1, -0.05) is 30.3 Å². The molecule has 24 heavy (non-hydrogen) atoms. The molecule has 3 rings (SSSR count). The third kappa shape index (κ3) is 4.18. The molecule has 0 aliphatic carbocycles. The number of ether oxygens (including phenoxy) is 3. The molecule has 0 saturated heterocycles. The van der Waals surface area contributed by atoms with E-state index in [9.17, 15) is 0 Å². The first-order valence-corrected chi connectivity index (χ1v) is 7.93. The minimum atomic E-state index is 0.519. The van der Waals surface area contributed by atoms with Crippen molar-refractivity contribution < 1.29 is 14.2 Å². The van der Waals surface area contributed by atoms with Gasteiger partial charge in [0.1, 0.15) is 24.7 Å². The molecule has 0 bridgehead atoms. The van der Waals surface area contributed by atoms with E-state index < -0.39 is 0 Å². The summed E-state index contributed by atoms with van der Waals surface area (Å²) < 4.78 is 16.8. The standard InChI is InChI=1S/C20H21NO3/c1-22-12-13-23-17-9-10-20(18(14-17)19-8-5-11-21-19)24-15-16-6-3-2-4-7-16/h2-11,14,21H,12-13,15H2,1H3. The first kappa shape index (κ1) is 16.1. The molecule has 0 unspecified atom stereocenters. The summed E-state index contributed by atoms with van der Waals surface area (Å²) in [6, 6.07) is 20.0. The zero-order valence-corrected chi connectivity index (χ0v) is 13.7. The highest BCUT2D eigenvalue weighted by atomic mass is 16.5. The van der Waals surface area contributed by atoms with E-state index in [1.54, 1.807) is 7.11 Å². The molecule has 4 heteroatoms. The summed E-state index contributed by atoms with van der Waals surface area (Å²) in [7, 11) is 1.66. The van der Waals surface area contributed by atoms with Crippen LogP contribution in [0.1, 0.15) is 5.56 Å². The van der Waals surface area contributed by atoms with E-state index in [0.29, 0.717) is 19.8 Å². The lowest BCUT2D eigenvalue weighted by Gasteiger charge is -2.13. The van der Waals surface area contributed by atoms with Crippen LogP contribution in [0, 0.1) is 0 Å². The van der Waals surface area contributed by atoms with Gasteiger partial charge in [0.05, 0.1) is 6.61 Å². The van der Waals surface area contributed by atoms with E-state index in [1.165, 1.54) is 0 Å². The van der Waals surface area contributed by atoms with Gasteiger partial charge in [-0.25, -0.2) is 0 Å². The van der Waals surface area contributed by atoms with Crippen LogP contribution in [0.4, 0.5) is 0 Å². The molecule has 4 nitrogen and oxygen atoms in total. The van der Waals surface area contributed by atoms with Crippen LogP contribution in [0.5, 0.6) is 11.5 Å². The van der Waals surface area contributed by atoms with Crippen LogP contribution in [0.2, 0.25) is 0 Å². The van der Waals surface area contributed by atoms with Gasteiger partial charge < -0.3 is 19.2 Å². The maximum atomic E-state index is 6.03. The normalized spacial score (nSPS) is 10.5. The van der Waals surface area contributed by atoms with Crippen molar-refractivity contribution in [2.45, 2.75) is 6.61 Å². The molecule has 1 heterocycles. The minimum absolute atomic E-state index is 0.519. The number of hydrogen-bond donors (Lipinski definition) is 1. The van der Waals surface area contributed by atoms with Crippen molar-refractivity contribution in [3.8, 4) is 22.8 Å². The van der Waals surface area contributed by atoms with Gasteiger partial charge in [0.25, 0.3) is 0 Å².